The Morgan fingerprint density at radius 3 is 2.56 bits per heavy atom. The molecule has 12 nitrogen and oxygen atoms in total. The van der Waals surface area contributed by atoms with E-state index in [4.69, 9.17) is 18.9 Å². The van der Waals surface area contributed by atoms with Gasteiger partial charge >= 0.3 is 0 Å². The van der Waals surface area contributed by atoms with E-state index in [0.29, 0.717) is 47.6 Å². The predicted molar refractivity (Wildman–Crippen MR) is 117 cm³/mol. The maximum absolute atomic E-state index is 13.2. The molecule has 2 aromatic rings. The van der Waals surface area contributed by atoms with Gasteiger partial charge in [0.2, 0.25) is 5.91 Å². The number of nitrogens with one attached hydrogen (secondary N) is 1. The highest BCUT2D eigenvalue weighted by Gasteiger charge is 2.55. The second-order valence-electron chi connectivity index (χ2n) is 7.65. The Labute approximate surface area is 194 Å². The standard InChI is InChI=1S/C22H21N5O7/c1-31-14-6-4-13(10-16(14)32-2)27-21(29)19-20(22(27)30)26(25-24-19)11-18(28)23-12-3-5-15-17(9-12)34-8-7-33-15/h3-6,9-10,19-20H,7-8,11H2,1-2H3,(H,23,28)/t19-,20-/m0/s1. The normalized spacial score (nSPS) is 20.4. The molecule has 3 heterocycles. The second-order valence-corrected chi connectivity index (χ2v) is 7.65. The van der Waals surface area contributed by atoms with Crippen molar-refractivity contribution in [2.24, 2.45) is 10.3 Å². The Balaban J connectivity index is 1.29. The molecule has 0 spiro atoms. The molecule has 0 saturated carbocycles. The van der Waals surface area contributed by atoms with Crippen LogP contribution in [-0.4, -0.2) is 68.8 Å². The predicted octanol–water partition coefficient (Wildman–Crippen LogP) is 1.41. The van der Waals surface area contributed by atoms with Crippen molar-refractivity contribution in [1.82, 2.24) is 5.01 Å². The highest BCUT2D eigenvalue weighted by Crippen LogP contribution is 2.37. The van der Waals surface area contributed by atoms with Gasteiger partial charge in [0.05, 0.1) is 19.9 Å². The van der Waals surface area contributed by atoms with E-state index >= 15 is 0 Å². The van der Waals surface area contributed by atoms with Gasteiger partial charge < -0.3 is 24.3 Å². The summed E-state index contributed by atoms with van der Waals surface area (Å²) in [5.41, 5.74) is 0.820. The quantitative estimate of drug-likeness (QED) is 0.631. The third kappa shape index (κ3) is 3.62. The molecule has 0 aromatic heterocycles. The van der Waals surface area contributed by atoms with E-state index in [0.717, 1.165) is 4.90 Å². The molecule has 0 radical (unpaired) electrons. The summed E-state index contributed by atoms with van der Waals surface area (Å²) in [6.07, 6.45) is 0. The van der Waals surface area contributed by atoms with Gasteiger partial charge in [-0.3, -0.25) is 19.4 Å². The van der Waals surface area contributed by atoms with Crippen LogP contribution in [0.4, 0.5) is 11.4 Å². The minimum atomic E-state index is -1.03. The highest BCUT2D eigenvalue weighted by atomic mass is 16.6. The second kappa shape index (κ2) is 8.54. The number of fused-ring (bicyclic) bond motifs is 2. The minimum Gasteiger partial charge on any atom is -0.493 e. The van der Waals surface area contributed by atoms with Crippen LogP contribution in [0.25, 0.3) is 0 Å². The van der Waals surface area contributed by atoms with Gasteiger partial charge in [-0.1, -0.05) is 5.22 Å². The molecular formula is C22H21N5O7. The van der Waals surface area contributed by atoms with Crippen molar-refractivity contribution in [3.8, 4) is 23.0 Å². The summed E-state index contributed by atoms with van der Waals surface area (Å²) in [5.74, 6) is 0.483. The van der Waals surface area contributed by atoms with Crippen molar-refractivity contribution in [1.29, 1.82) is 0 Å². The molecule has 0 unspecified atom stereocenters. The van der Waals surface area contributed by atoms with Gasteiger partial charge in [-0.2, -0.15) is 5.11 Å². The molecule has 3 amide bonds. The fraction of sp³-hybridized carbons (Fsp3) is 0.318. The number of rotatable bonds is 6. The van der Waals surface area contributed by atoms with Crippen LogP contribution in [0.2, 0.25) is 0 Å². The molecule has 2 atom stereocenters. The summed E-state index contributed by atoms with van der Waals surface area (Å²) in [4.78, 5) is 39.8. The number of carbonyl (C=O) groups excluding carboxylic acids is 3. The van der Waals surface area contributed by atoms with Crippen molar-refractivity contribution in [2.45, 2.75) is 12.1 Å². The van der Waals surface area contributed by atoms with E-state index in [1.165, 1.54) is 25.3 Å². The third-order valence-electron chi connectivity index (χ3n) is 5.61. The number of imide groups is 1. The van der Waals surface area contributed by atoms with Crippen molar-refractivity contribution >= 4 is 29.1 Å². The first-order valence-corrected chi connectivity index (χ1v) is 10.5. The van der Waals surface area contributed by atoms with Gasteiger partial charge in [-0.05, 0) is 24.3 Å². The zero-order valence-electron chi connectivity index (χ0n) is 18.4. The molecule has 1 fully saturated rings. The number of nitrogens with zero attached hydrogens (tertiary/aromatic N) is 4. The molecule has 12 heteroatoms. The summed E-state index contributed by atoms with van der Waals surface area (Å²) in [6, 6.07) is 7.72. The van der Waals surface area contributed by atoms with Crippen LogP contribution in [0, 0.1) is 0 Å². The van der Waals surface area contributed by atoms with E-state index < -0.39 is 29.8 Å². The zero-order valence-corrected chi connectivity index (χ0v) is 18.4. The van der Waals surface area contributed by atoms with Gasteiger partial charge in [0.15, 0.2) is 35.1 Å². The van der Waals surface area contributed by atoms with Crippen LogP contribution < -0.4 is 29.2 Å². The van der Waals surface area contributed by atoms with Crippen LogP contribution >= 0.6 is 0 Å². The number of hydrogen-bond acceptors (Lipinski definition) is 10. The third-order valence-corrected chi connectivity index (χ3v) is 5.61. The highest BCUT2D eigenvalue weighted by molar-refractivity contribution is 6.25. The molecule has 1 N–H and O–H groups in total. The fourth-order valence-electron chi connectivity index (χ4n) is 4.04. The molecule has 5 rings (SSSR count). The van der Waals surface area contributed by atoms with Crippen LogP contribution in [0.3, 0.4) is 0 Å². The van der Waals surface area contributed by atoms with Crippen LogP contribution in [0.15, 0.2) is 46.7 Å². The molecular weight excluding hydrogens is 446 g/mol. The molecule has 3 aliphatic heterocycles. The van der Waals surface area contributed by atoms with Crippen molar-refractivity contribution < 1.29 is 33.3 Å². The van der Waals surface area contributed by atoms with Gasteiger partial charge in [-0.15, -0.1) is 0 Å². The lowest BCUT2D eigenvalue weighted by Gasteiger charge is -2.21. The molecule has 0 aliphatic carbocycles. The van der Waals surface area contributed by atoms with E-state index in [-0.39, 0.29) is 6.54 Å². The molecule has 176 valence electrons. The van der Waals surface area contributed by atoms with Gasteiger partial charge in [0.25, 0.3) is 11.8 Å². The summed E-state index contributed by atoms with van der Waals surface area (Å²) in [6.45, 7) is 0.626. The van der Waals surface area contributed by atoms with E-state index in [9.17, 15) is 14.4 Å². The summed E-state index contributed by atoms with van der Waals surface area (Å²) in [7, 11) is 2.95. The fourth-order valence-corrected chi connectivity index (χ4v) is 4.04. The molecule has 3 aliphatic rings. The van der Waals surface area contributed by atoms with E-state index in [1.807, 2.05) is 0 Å². The SMILES string of the molecule is COc1ccc(N2C(=O)[C@H]3N=NN(CC(=O)Nc4ccc5c(c4)OCCO5)[C@@H]3C2=O)cc1OC. The lowest BCUT2D eigenvalue weighted by atomic mass is 10.1. The van der Waals surface area contributed by atoms with E-state index in [1.54, 1.807) is 30.3 Å². The Morgan fingerprint density at radius 1 is 1.03 bits per heavy atom. The minimum absolute atomic E-state index is 0.266. The lowest BCUT2D eigenvalue weighted by Crippen LogP contribution is -2.43. The maximum Gasteiger partial charge on any atom is 0.263 e. The van der Waals surface area contributed by atoms with E-state index in [2.05, 4.69) is 15.7 Å². The lowest BCUT2D eigenvalue weighted by molar-refractivity contribution is -0.123. The number of methoxy groups -OCH3 is 2. The number of anilines is 2. The van der Waals surface area contributed by atoms with Crippen LogP contribution in [-0.2, 0) is 14.4 Å². The first-order valence-electron chi connectivity index (χ1n) is 10.5. The Morgan fingerprint density at radius 2 is 1.79 bits per heavy atom. The average molecular weight is 467 g/mol. The Hall–Kier alpha value is -4.35. The van der Waals surface area contributed by atoms with Crippen LogP contribution in [0.5, 0.6) is 23.0 Å². The largest absolute Gasteiger partial charge is 0.493 e. The van der Waals surface area contributed by atoms with Crippen molar-refractivity contribution in [3.05, 3.63) is 36.4 Å². The molecule has 34 heavy (non-hydrogen) atoms. The number of ether oxygens (including phenoxy) is 4. The zero-order chi connectivity index (χ0) is 23.8. The first kappa shape index (κ1) is 21.5. The Kier molecular flexibility index (Phi) is 5.40. The smallest absolute Gasteiger partial charge is 0.263 e. The monoisotopic (exact) mass is 467 g/mol. The van der Waals surface area contributed by atoms with Crippen LogP contribution in [0.1, 0.15) is 0 Å². The first-order chi connectivity index (χ1) is 16.5. The van der Waals surface area contributed by atoms with Gasteiger partial charge in [-0.25, -0.2) is 4.90 Å². The topological polar surface area (TPSA) is 131 Å². The van der Waals surface area contributed by atoms with Gasteiger partial charge in [0, 0.05) is 17.8 Å². The number of carbonyl (C=O) groups is 3. The summed E-state index contributed by atoms with van der Waals surface area (Å²) < 4.78 is 21.5. The Bertz CT molecular complexity index is 1200. The molecule has 2 aromatic carbocycles. The average Bonchev–Trinajstić information content (AvgIpc) is 3.37. The maximum atomic E-state index is 13.2. The molecule has 1 saturated heterocycles. The summed E-state index contributed by atoms with van der Waals surface area (Å²) >= 11 is 0. The van der Waals surface area contributed by atoms with Crippen molar-refractivity contribution in [3.63, 3.8) is 0 Å². The number of hydrogen-bond donors (Lipinski definition) is 1. The number of benzene rings is 2. The van der Waals surface area contributed by atoms with Crippen molar-refractivity contribution in [2.75, 3.05) is 44.2 Å². The van der Waals surface area contributed by atoms with Gasteiger partial charge in [0.1, 0.15) is 19.8 Å². The number of amides is 3. The molecule has 0 bridgehead atoms. The summed E-state index contributed by atoms with van der Waals surface area (Å²) in [5, 5.41) is 11.8.